The number of hydrogen-bond donors (Lipinski definition) is 1. The molecule has 1 heterocycles. The van der Waals surface area contributed by atoms with E-state index in [0.717, 1.165) is 0 Å². The van der Waals surface area contributed by atoms with Crippen molar-refractivity contribution in [3.63, 3.8) is 0 Å². The predicted octanol–water partition coefficient (Wildman–Crippen LogP) is 4.16. The Morgan fingerprint density at radius 2 is 2.20 bits per heavy atom. The lowest BCUT2D eigenvalue weighted by molar-refractivity contribution is -0.383. The molecule has 2 aromatic rings. The van der Waals surface area contributed by atoms with Crippen molar-refractivity contribution >= 4 is 44.6 Å². The Morgan fingerprint density at radius 3 is 2.85 bits per heavy atom. The summed E-state index contributed by atoms with van der Waals surface area (Å²) in [5.74, 6) is 0.341. The monoisotopic (exact) mass is 357 g/mol. The first-order chi connectivity index (χ1) is 9.52. The fraction of sp³-hybridized carbons (Fsp3) is 0.0833. The molecule has 6 nitrogen and oxygen atoms in total. The van der Waals surface area contributed by atoms with Crippen molar-refractivity contribution in [3.8, 4) is 5.88 Å². The van der Waals surface area contributed by atoms with Crippen LogP contribution in [-0.4, -0.2) is 17.0 Å². The van der Waals surface area contributed by atoms with Gasteiger partial charge in [0.2, 0.25) is 5.88 Å². The number of nitro benzene ring substituents is 1. The van der Waals surface area contributed by atoms with Crippen LogP contribution < -0.4 is 10.1 Å². The topological polar surface area (TPSA) is 77.3 Å². The highest BCUT2D eigenvalue weighted by Crippen LogP contribution is 2.37. The molecule has 0 fully saturated rings. The van der Waals surface area contributed by atoms with Crippen molar-refractivity contribution in [1.82, 2.24) is 4.98 Å². The van der Waals surface area contributed by atoms with Crippen molar-refractivity contribution in [2.45, 2.75) is 0 Å². The number of aromatic nitrogens is 1. The van der Waals surface area contributed by atoms with Gasteiger partial charge in [0.15, 0.2) is 0 Å². The molecule has 8 heteroatoms. The zero-order chi connectivity index (χ0) is 14.7. The van der Waals surface area contributed by atoms with E-state index in [-0.39, 0.29) is 16.4 Å². The average Bonchev–Trinajstić information content (AvgIpc) is 2.43. The van der Waals surface area contributed by atoms with Crippen LogP contribution in [0.15, 0.2) is 34.9 Å². The van der Waals surface area contributed by atoms with Crippen molar-refractivity contribution in [3.05, 3.63) is 50.1 Å². The zero-order valence-corrected chi connectivity index (χ0v) is 12.6. The van der Waals surface area contributed by atoms with E-state index in [4.69, 9.17) is 16.3 Å². The number of nitro groups is 1. The number of nitrogens with one attached hydrogen (secondary N) is 1. The maximum absolute atomic E-state index is 11.1. The minimum absolute atomic E-state index is 0.135. The van der Waals surface area contributed by atoms with E-state index in [0.29, 0.717) is 16.0 Å². The molecule has 0 bridgehead atoms. The predicted molar refractivity (Wildman–Crippen MR) is 79.9 cm³/mol. The standard InChI is InChI=1S/C12H9BrClN3O3/c1-20-12-9(3-2-4-15-12)16-10-5-7(13)8(14)6-11(10)17(18)19/h2-6,16H,1H3. The quantitative estimate of drug-likeness (QED) is 0.656. The SMILES string of the molecule is COc1ncccc1Nc1cc(Br)c(Cl)cc1[N+](=O)[O-]. The second-order valence-corrected chi connectivity index (χ2v) is 4.99. The van der Waals surface area contributed by atoms with Gasteiger partial charge in [0.25, 0.3) is 5.69 Å². The lowest BCUT2D eigenvalue weighted by Gasteiger charge is -2.11. The molecule has 0 aliphatic rings. The molecule has 0 unspecified atom stereocenters. The van der Waals surface area contributed by atoms with Crippen molar-refractivity contribution in [2.24, 2.45) is 0 Å². The highest BCUT2D eigenvalue weighted by Gasteiger charge is 2.18. The van der Waals surface area contributed by atoms with Crippen LogP contribution in [0.5, 0.6) is 5.88 Å². The maximum atomic E-state index is 11.1. The first kappa shape index (κ1) is 14.5. The van der Waals surface area contributed by atoms with Gasteiger partial charge in [0.1, 0.15) is 11.4 Å². The molecule has 1 N–H and O–H groups in total. The molecule has 0 spiro atoms. The van der Waals surface area contributed by atoms with Crippen LogP contribution in [0, 0.1) is 10.1 Å². The fourth-order valence-electron chi connectivity index (χ4n) is 1.58. The number of nitrogens with zero attached hydrogens (tertiary/aromatic N) is 2. The van der Waals surface area contributed by atoms with Gasteiger partial charge in [-0.3, -0.25) is 10.1 Å². The number of ether oxygens (including phenoxy) is 1. The summed E-state index contributed by atoms with van der Waals surface area (Å²) in [6.45, 7) is 0. The van der Waals surface area contributed by atoms with Gasteiger partial charge >= 0.3 is 0 Å². The number of methoxy groups -OCH3 is 1. The molecule has 2 rings (SSSR count). The minimum atomic E-state index is -0.510. The highest BCUT2D eigenvalue weighted by atomic mass is 79.9. The fourth-order valence-corrected chi connectivity index (χ4v) is 2.08. The van der Waals surface area contributed by atoms with Gasteiger partial charge in [-0.15, -0.1) is 0 Å². The largest absolute Gasteiger partial charge is 0.480 e. The molecule has 0 aliphatic heterocycles. The second-order valence-electron chi connectivity index (χ2n) is 3.73. The van der Waals surface area contributed by atoms with Crippen LogP contribution in [0.3, 0.4) is 0 Å². The number of hydrogen-bond acceptors (Lipinski definition) is 5. The van der Waals surface area contributed by atoms with Gasteiger partial charge in [0, 0.05) is 16.7 Å². The molecule has 0 atom stereocenters. The highest BCUT2D eigenvalue weighted by molar-refractivity contribution is 9.10. The van der Waals surface area contributed by atoms with E-state index in [2.05, 4.69) is 26.2 Å². The third-order valence-corrected chi connectivity index (χ3v) is 3.67. The summed E-state index contributed by atoms with van der Waals surface area (Å²) >= 11 is 9.11. The van der Waals surface area contributed by atoms with Crippen LogP contribution in [0.2, 0.25) is 5.02 Å². The Morgan fingerprint density at radius 1 is 1.45 bits per heavy atom. The number of rotatable bonds is 4. The van der Waals surface area contributed by atoms with Crippen LogP contribution in [0.25, 0.3) is 0 Å². The molecule has 1 aromatic carbocycles. The smallest absolute Gasteiger partial charge is 0.294 e. The Hall–Kier alpha value is -1.86. The molecule has 0 aliphatic carbocycles. The van der Waals surface area contributed by atoms with Gasteiger partial charge in [-0.05, 0) is 34.1 Å². The van der Waals surface area contributed by atoms with E-state index < -0.39 is 4.92 Å². The molecule has 0 radical (unpaired) electrons. The Labute approximate surface area is 128 Å². The molecule has 1 aromatic heterocycles. The number of halogens is 2. The lowest BCUT2D eigenvalue weighted by Crippen LogP contribution is -2.00. The van der Waals surface area contributed by atoms with Crippen LogP contribution >= 0.6 is 27.5 Å². The molecule has 0 saturated heterocycles. The van der Waals surface area contributed by atoms with E-state index in [1.165, 1.54) is 19.2 Å². The molecule has 0 amide bonds. The number of anilines is 2. The lowest BCUT2D eigenvalue weighted by atomic mass is 10.2. The number of pyridine rings is 1. The second kappa shape index (κ2) is 6.06. The summed E-state index contributed by atoms with van der Waals surface area (Å²) in [6, 6.07) is 6.21. The normalized spacial score (nSPS) is 10.2. The molecule has 104 valence electrons. The Kier molecular flexibility index (Phi) is 4.41. The van der Waals surface area contributed by atoms with Crippen LogP contribution in [0.1, 0.15) is 0 Å². The van der Waals surface area contributed by atoms with Gasteiger partial charge < -0.3 is 10.1 Å². The molecular weight excluding hydrogens is 350 g/mol. The maximum Gasteiger partial charge on any atom is 0.294 e. The van der Waals surface area contributed by atoms with Gasteiger partial charge in [-0.2, -0.15) is 0 Å². The van der Waals surface area contributed by atoms with Gasteiger partial charge in [-0.25, -0.2) is 4.98 Å². The zero-order valence-electron chi connectivity index (χ0n) is 10.3. The third-order valence-electron chi connectivity index (χ3n) is 2.47. The van der Waals surface area contributed by atoms with Gasteiger partial charge in [-0.1, -0.05) is 11.6 Å². The van der Waals surface area contributed by atoms with Crippen LogP contribution in [0.4, 0.5) is 17.1 Å². The van der Waals surface area contributed by atoms with Crippen molar-refractivity contribution in [2.75, 3.05) is 12.4 Å². The summed E-state index contributed by atoms with van der Waals surface area (Å²) in [6.07, 6.45) is 1.57. The molecule has 20 heavy (non-hydrogen) atoms. The van der Waals surface area contributed by atoms with Crippen molar-refractivity contribution < 1.29 is 9.66 Å². The van der Waals surface area contributed by atoms with E-state index in [1.54, 1.807) is 18.3 Å². The Balaban J connectivity index is 2.47. The van der Waals surface area contributed by atoms with Crippen LogP contribution in [-0.2, 0) is 0 Å². The first-order valence-corrected chi connectivity index (χ1v) is 6.59. The average molecular weight is 359 g/mol. The van der Waals surface area contributed by atoms with E-state index in [9.17, 15) is 10.1 Å². The summed E-state index contributed by atoms with van der Waals surface area (Å²) in [7, 11) is 1.47. The van der Waals surface area contributed by atoms with E-state index in [1.807, 2.05) is 0 Å². The Bertz CT molecular complexity index is 666. The third kappa shape index (κ3) is 3.00. The summed E-state index contributed by atoms with van der Waals surface area (Å²) in [4.78, 5) is 14.6. The molecule has 0 saturated carbocycles. The molecular formula is C12H9BrClN3O3. The summed E-state index contributed by atoms with van der Waals surface area (Å²) in [5, 5.41) is 14.3. The summed E-state index contributed by atoms with van der Waals surface area (Å²) in [5.41, 5.74) is 0.675. The summed E-state index contributed by atoms with van der Waals surface area (Å²) < 4.78 is 5.64. The van der Waals surface area contributed by atoms with Gasteiger partial charge in [0.05, 0.1) is 17.1 Å². The van der Waals surface area contributed by atoms with E-state index >= 15 is 0 Å². The first-order valence-electron chi connectivity index (χ1n) is 5.42. The van der Waals surface area contributed by atoms with Crippen molar-refractivity contribution in [1.29, 1.82) is 0 Å². The number of benzene rings is 1. The minimum Gasteiger partial charge on any atom is -0.480 e.